The lowest BCUT2D eigenvalue weighted by molar-refractivity contribution is -0.287. The Kier molecular flexibility index (Phi) is 3.01. The molecule has 0 heterocycles. The van der Waals surface area contributed by atoms with E-state index in [9.17, 15) is 15.0 Å². The summed E-state index contributed by atoms with van der Waals surface area (Å²) in [6, 6.07) is 0. The Morgan fingerprint density at radius 1 is 1.14 bits per heavy atom. The van der Waals surface area contributed by atoms with Crippen LogP contribution in [0.2, 0.25) is 0 Å². The summed E-state index contributed by atoms with van der Waals surface area (Å²) in [7, 11) is 0. The van der Waals surface area contributed by atoms with Gasteiger partial charge < -0.3 is 10.2 Å². The van der Waals surface area contributed by atoms with Crippen molar-refractivity contribution in [1.29, 1.82) is 0 Å². The van der Waals surface area contributed by atoms with E-state index in [1.165, 1.54) is 0 Å². The topological polar surface area (TPSA) is 57.5 Å². The molecule has 3 nitrogen and oxygen atoms in total. The summed E-state index contributed by atoms with van der Waals surface area (Å²) >= 11 is 0. The molecule has 3 fully saturated rings. The van der Waals surface area contributed by atoms with Crippen molar-refractivity contribution in [2.75, 3.05) is 0 Å². The predicted molar refractivity (Wildman–Crippen MR) is 83.8 cm³/mol. The highest BCUT2D eigenvalue weighted by atomic mass is 16.5. The standard InChI is InChI=1S/C19H28O3/c1-17-9-4-3-5-15(17)19(21,22)11-12-13-6-7-16(20)18(13,2)10-8-14(12)17/h3-4,12-15,21-22H,5-11H2,1-2H3/t12-,13-,14+,15?,17+,18-/m0/s1. The average Bonchev–Trinajstić information content (AvgIpc) is 2.74. The van der Waals surface area contributed by atoms with Crippen LogP contribution in [0, 0.1) is 34.5 Å². The van der Waals surface area contributed by atoms with Crippen molar-refractivity contribution in [3.63, 3.8) is 0 Å². The Bertz CT molecular complexity index is 537. The third-order valence-corrected chi connectivity index (χ3v) is 7.98. The van der Waals surface area contributed by atoms with Crippen molar-refractivity contribution >= 4 is 5.78 Å². The first-order valence-corrected chi connectivity index (χ1v) is 8.92. The molecule has 4 aliphatic rings. The van der Waals surface area contributed by atoms with Gasteiger partial charge in [-0.3, -0.25) is 4.79 Å². The van der Waals surface area contributed by atoms with Gasteiger partial charge in [-0.2, -0.15) is 0 Å². The molecule has 0 aliphatic heterocycles. The van der Waals surface area contributed by atoms with Crippen molar-refractivity contribution in [1.82, 2.24) is 0 Å². The van der Waals surface area contributed by atoms with Crippen LogP contribution >= 0.6 is 0 Å². The Hall–Kier alpha value is -0.670. The van der Waals surface area contributed by atoms with E-state index in [0.717, 1.165) is 32.1 Å². The second-order valence-corrected chi connectivity index (χ2v) is 8.85. The van der Waals surface area contributed by atoms with Crippen LogP contribution in [0.4, 0.5) is 0 Å². The maximum Gasteiger partial charge on any atom is 0.166 e. The number of hydrogen-bond donors (Lipinski definition) is 2. The number of allylic oxidation sites excluding steroid dienone is 2. The zero-order valence-electron chi connectivity index (χ0n) is 13.7. The van der Waals surface area contributed by atoms with Gasteiger partial charge in [0.05, 0.1) is 0 Å². The van der Waals surface area contributed by atoms with Crippen LogP contribution < -0.4 is 0 Å². The third-order valence-electron chi connectivity index (χ3n) is 7.98. The van der Waals surface area contributed by atoms with Crippen LogP contribution in [0.25, 0.3) is 0 Å². The molecule has 2 N–H and O–H groups in total. The minimum absolute atomic E-state index is 0.0336. The summed E-state index contributed by atoms with van der Waals surface area (Å²) < 4.78 is 0. The van der Waals surface area contributed by atoms with Crippen LogP contribution in [-0.4, -0.2) is 21.8 Å². The van der Waals surface area contributed by atoms with Crippen LogP contribution in [0.1, 0.15) is 58.8 Å². The Balaban J connectivity index is 1.76. The first-order chi connectivity index (χ1) is 10.3. The Morgan fingerprint density at radius 2 is 1.91 bits per heavy atom. The summed E-state index contributed by atoms with van der Waals surface area (Å²) in [6.45, 7) is 4.40. The minimum Gasteiger partial charge on any atom is -0.365 e. The van der Waals surface area contributed by atoms with Gasteiger partial charge >= 0.3 is 0 Å². The number of hydrogen-bond acceptors (Lipinski definition) is 3. The van der Waals surface area contributed by atoms with Crippen LogP contribution in [0.5, 0.6) is 0 Å². The van der Waals surface area contributed by atoms with Gasteiger partial charge in [0, 0.05) is 24.2 Å². The molecule has 0 bridgehead atoms. The fourth-order valence-electron chi connectivity index (χ4n) is 6.76. The highest BCUT2D eigenvalue weighted by Crippen LogP contribution is 2.66. The summed E-state index contributed by atoms with van der Waals surface area (Å²) in [6.07, 6.45) is 10.2. The number of rotatable bonds is 0. The van der Waals surface area contributed by atoms with Crippen molar-refractivity contribution in [2.45, 2.75) is 64.6 Å². The SMILES string of the molecule is C[C@]12CC=CCC1C(O)(O)C[C@@H]1[C@H]2CC[C@]2(C)C(=O)CC[C@@H]12. The zero-order chi connectivity index (χ0) is 15.8. The third kappa shape index (κ3) is 1.73. The van der Waals surface area contributed by atoms with E-state index in [0.29, 0.717) is 30.5 Å². The smallest absolute Gasteiger partial charge is 0.166 e. The highest BCUT2D eigenvalue weighted by molar-refractivity contribution is 5.87. The van der Waals surface area contributed by atoms with E-state index in [1.54, 1.807) is 0 Å². The second-order valence-electron chi connectivity index (χ2n) is 8.85. The molecule has 0 aromatic heterocycles. The summed E-state index contributed by atoms with van der Waals surface area (Å²) in [4.78, 5) is 12.4. The van der Waals surface area contributed by atoms with Gasteiger partial charge in [0.1, 0.15) is 5.78 Å². The van der Waals surface area contributed by atoms with Gasteiger partial charge in [0.15, 0.2) is 5.79 Å². The molecule has 4 aliphatic carbocycles. The van der Waals surface area contributed by atoms with Gasteiger partial charge in [-0.25, -0.2) is 0 Å². The van der Waals surface area contributed by atoms with Crippen molar-refractivity contribution in [2.24, 2.45) is 34.5 Å². The summed E-state index contributed by atoms with van der Waals surface area (Å²) in [5, 5.41) is 21.6. The first-order valence-electron chi connectivity index (χ1n) is 8.92. The van der Waals surface area contributed by atoms with E-state index < -0.39 is 5.79 Å². The lowest BCUT2D eigenvalue weighted by Crippen LogP contribution is -2.61. The molecule has 3 saturated carbocycles. The fraction of sp³-hybridized carbons (Fsp3) is 0.842. The lowest BCUT2D eigenvalue weighted by Gasteiger charge is -2.61. The average molecular weight is 304 g/mol. The van der Waals surface area contributed by atoms with E-state index in [1.807, 2.05) is 0 Å². The molecule has 0 amide bonds. The largest absolute Gasteiger partial charge is 0.365 e. The number of ketones is 1. The molecule has 0 radical (unpaired) electrons. The Morgan fingerprint density at radius 3 is 2.68 bits per heavy atom. The van der Waals surface area contributed by atoms with E-state index in [-0.39, 0.29) is 22.7 Å². The summed E-state index contributed by atoms with van der Waals surface area (Å²) in [5.41, 5.74) is -0.237. The molecular weight excluding hydrogens is 276 g/mol. The normalized spacial score (nSPS) is 52.8. The molecule has 0 aromatic carbocycles. The monoisotopic (exact) mass is 304 g/mol. The molecule has 0 spiro atoms. The molecular formula is C19H28O3. The van der Waals surface area contributed by atoms with Crippen LogP contribution in [0.15, 0.2) is 12.2 Å². The number of Topliss-reactive ketones (excluding diaryl/α,β-unsaturated/α-hetero) is 1. The van der Waals surface area contributed by atoms with Gasteiger partial charge in [0.25, 0.3) is 0 Å². The molecule has 1 unspecified atom stereocenters. The quantitative estimate of drug-likeness (QED) is 0.534. The molecule has 4 rings (SSSR count). The number of fused-ring (bicyclic) bond motifs is 5. The maximum absolute atomic E-state index is 12.4. The first kappa shape index (κ1) is 14.9. The fourth-order valence-corrected chi connectivity index (χ4v) is 6.76. The molecule has 0 saturated heterocycles. The minimum atomic E-state index is -1.58. The van der Waals surface area contributed by atoms with Gasteiger partial charge in [-0.1, -0.05) is 26.0 Å². The molecule has 22 heavy (non-hydrogen) atoms. The second kappa shape index (κ2) is 4.45. The maximum atomic E-state index is 12.4. The molecule has 0 aromatic rings. The number of carbonyl (C=O) groups is 1. The highest BCUT2D eigenvalue weighted by Gasteiger charge is 2.64. The van der Waals surface area contributed by atoms with Gasteiger partial charge in [0.2, 0.25) is 0 Å². The Labute approximate surface area is 132 Å². The molecule has 122 valence electrons. The number of carbonyl (C=O) groups excluding carboxylic acids is 1. The van der Waals surface area contributed by atoms with Crippen molar-refractivity contribution in [3.05, 3.63) is 12.2 Å². The van der Waals surface area contributed by atoms with Crippen LogP contribution in [0.3, 0.4) is 0 Å². The van der Waals surface area contributed by atoms with Crippen molar-refractivity contribution < 1.29 is 15.0 Å². The molecule has 3 heteroatoms. The molecule has 6 atom stereocenters. The predicted octanol–water partition coefficient (Wildman–Crippen LogP) is 3.06. The van der Waals surface area contributed by atoms with E-state index in [2.05, 4.69) is 26.0 Å². The van der Waals surface area contributed by atoms with Gasteiger partial charge in [-0.15, -0.1) is 0 Å². The lowest BCUT2D eigenvalue weighted by atomic mass is 9.44. The number of aliphatic hydroxyl groups is 2. The van der Waals surface area contributed by atoms with Gasteiger partial charge in [-0.05, 0) is 55.3 Å². The van der Waals surface area contributed by atoms with E-state index >= 15 is 0 Å². The summed E-state index contributed by atoms with van der Waals surface area (Å²) in [5.74, 6) is -0.0706. The zero-order valence-corrected chi connectivity index (χ0v) is 13.7. The van der Waals surface area contributed by atoms with E-state index in [4.69, 9.17) is 0 Å². The van der Waals surface area contributed by atoms with Crippen molar-refractivity contribution in [3.8, 4) is 0 Å². The van der Waals surface area contributed by atoms with Crippen LogP contribution in [-0.2, 0) is 4.79 Å².